The fourth-order valence-corrected chi connectivity index (χ4v) is 0.781. The average Bonchev–Trinajstić information content (AvgIpc) is 1.85. The summed E-state index contributed by atoms with van der Waals surface area (Å²) in [7, 11) is 0. The smallest absolute Gasteiger partial charge is 0.237 e. The van der Waals surface area contributed by atoms with Crippen LogP contribution >= 0.6 is 0 Å². The van der Waals surface area contributed by atoms with Crippen LogP contribution in [0.3, 0.4) is 0 Å². The summed E-state index contributed by atoms with van der Waals surface area (Å²) in [6.07, 6.45) is -2.95. The van der Waals surface area contributed by atoms with Crippen molar-refractivity contribution in [1.82, 2.24) is 0 Å². The minimum atomic E-state index is -4.03. The van der Waals surface area contributed by atoms with E-state index in [1.807, 2.05) is 0 Å². The van der Waals surface area contributed by atoms with Gasteiger partial charge in [-0.1, -0.05) is 12.8 Å². The van der Waals surface area contributed by atoms with Gasteiger partial charge in [0, 0.05) is 6.42 Å². The zero-order valence-corrected chi connectivity index (χ0v) is 6.28. The number of halogens is 3. The van der Waals surface area contributed by atoms with Crippen molar-refractivity contribution in [3.63, 3.8) is 0 Å². The van der Waals surface area contributed by atoms with Gasteiger partial charge in [0.25, 0.3) is 0 Å². The molecule has 1 radical (unpaired) electrons. The second kappa shape index (κ2) is 5.41. The van der Waals surface area contributed by atoms with E-state index in [4.69, 9.17) is 0 Å². The Kier molecular flexibility index (Phi) is 5.28. The van der Waals surface area contributed by atoms with Gasteiger partial charge in [0.1, 0.15) is 0 Å². The van der Waals surface area contributed by atoms with E-state index in [-0.39, 0.29) is 13.0 Å². The van der Waals surface area contributed by atoms with Gasteiger partial charge >= 0.3 is 6.18 Å². The molecule has 0 amide bonds. The molecule has 0 N–H and O–H groups in total. The molecule has 0 aliphatic carbocycles. The molecular weight excluding hydrogens is 157 g/mol. The van der Waals surface area contributed by atoms with Crippen LogP contribution in [-0.2, 0) is 5.11 Å². The normalized spacial score (nSPS) is 12.0. The Morgan fingerprint density at radius 3 is 1.91 bits per heavy atom. The molecule has 0 aromatic carbocycles. The number of hydrogen-bond donors (Lipinski definition) is 0. The van der Waals surface area contributed by atoms with E-state index < -0.39 is 12.6 Å². The minimum Gasteiger partial charge on any atom is -0.237 e. The van der Waals surface area contributed by atoms with E-state index in [1.165, 1.54) is 0 Å². The zero-order valence-electron chi connectivity index (χ0n) is 6.28. The van der Waals surface area contributed by atoms with Gasteiger partial charge in [0.05, 0.1) is 6.61 Å². The Morgan fingerprint density at radius 2 is 1.45 bits per heavy atom. The molecule has 11 heavy (non-hydrogen) atoms. The summed E-state index contributed by atoms with van der Waals surface area (Å²) in [6.45, 7) is -0.175. The standard InChI is InChI=1S/C7H12F3O/c8-7(9,10)5-3-1-2-4-6-11/h1-6H2. The summed E-state index contributed by atoms with van der Waals surface area (Å²) in [6, 6.07) is 0. The zero-order chi connectivity index (χ0) is 8.74. The molecule has 0 aliphatic heterocycles. The van der Waals surface area contributed by atoms with Gasteiger partial charge in [-0.15, -0.1) is 0 Å². The fraction of sp³-hybridized carbons (Fsp3) is 1.00. The van der Waals surface area contributed by atoms with Crippen LogP contribution in [0.5, 0.6) is 0 Å². The van der Waals surface area contributed by atoms with E-state index in [0.29, 0.717) is 19.3 Å². The van der Waals surface area contributed by atoms with Gasteiger partial charge in [-0.05, 0) is 12.8 Å². The average molecular weight is 169 g/mol. The van der Waals surface area contributed by atoms with Crippen LogP contribution in [0.1, 0.15) is 32.1 Å². The first-order valence-electron chi connectivity index (χ1n) is 3.71. The van der Waals surface area contributed by atoms with Gasteiger partial charge in [0.2, 0.25) is 0 Å². The van der Waals surface area contributed by atoms with Crippen molar-refractivity contribution in [3.05, 3.63) is 0 Å². The van der Waals surface area contributed by atoms with Crippen molar-refractivity contribution in [2.45, 2.75) is 38.3 Å². The number of hydrogen-bond acceptors (Lipinski definition) is 0. The summed E-state index contributed by atoms with van der Waals surface area (Å²) in [5.74, 6) is 0. The largest absolute Gasteiger partial charge is 0.389 e. The van der Waals surface area contributed by atoms with Crippen molar-refractivity contribution in [3.8, 4) is 0 Å². The van der Waals surface area contributed by atoms with E-state index in [0.717, 1.165) is 0 Å². The van der Waals surface area contributed by atoms with Crippen LogP contribution in [0.4, 0.5) is 13.2 Å². The third-order valence-corrected chi connectivity index (χ3v) is 1.35. The van der Waals surface area contributed by atoms with Gasteiger partial charge in [0.15, 0.2) is 0 Å². The molecule has 0 heterocycles. The lowest BCUT2D eigenvalue weighted by Gasteiger charge is -2.04. The van der Waals surface area contributed by atoms with Crippen molar-refractivity contribution < 1.29 is 18.3 Å². The first-order valence-corrected chi connectivity index (χ1v) is 3.71. The highest BCUT2D eigenvalue weighted by Gasteiger charge is 2.25. The molecule has 0 spiro atoms. The maximum atomic E-state index is 11.5. The summed E-state index contributed by atoms with van der Waals surface area (Å²) in [4.78, 5) is 0. The van der Waals surface area contributed by atoms with E-state index in [9.17, 15) is 18.3 Å². The lowest BCUT2D eigenvalue weighted by molar-refractivity contribution is -0.135. The molecule has 0 fully saturated rings. The number of unbranched alkanes of at least 4 members (excludes halogenated alkanes) is 3. The first-order chi connectivity index (χ1) is 5.06. The van der Waals surface area contributed by atoms with Crippen molar-refractivity contribution in [1.29, 1.82) is 0 Å². The second-order valence-corrected chi connectivity index (χ2v) is 2.48. The Balaban J connectivity index is 3.02. The molecule has 0 bridgehead atoms. The maximum Gasteiger partial charge on any atom is 0.389 e. The van der Waals surface area contributed by atoms with Gasteiger partial charge in [-0.25, -0.2) is 5.11 Å². The van der Waals surface area contributed by atoms with E-state index in [2.05, 4.69) is 0 Å². The Bertz CT molecular complexity index is 90.2. The molecule has 0 saturated carbocycles. The lowest BCUT2D eigenvalue weighted by atomic mass is 10.1. The maximum absolute atomic E-state index is 11.5. The molecule has 0 rings (SSSR count). The van der Waals surface area contributed by atoms with Crippen LogP contribution in [0.25, 0.3) is 0 Å². The highest BCUT2D eigenvalue weighted by molar-refractivity contribution is 4.50. The molecule has 1 nitrogen and oxygen atoms in total. The topological polar surface area (TPSA) is 19.9 Å². The van der Waals surface area contributed by atoms with Crippen LogP contribution in [0, 0.1) is 0 Å². The van der Waals surface area contributed by atoms with E-state index >= 15 is 0 Å². The Hall–Kier alpha value is -0.250. The highest BCUT2D eigenvalue weighted by atomic mass is 19.4. The minimum absolute atomic E-state index is 0.156. The van der Waals surface area contributed by atoms with Crippen LogP contribution < -0.4 is 0 Å². The lowest BCUT2D eigenvalue weighted by Crippen LogP contribution is -2.06. The summed E-state index contributed by atoms with van der Waals surface area (Å²) in [5.41, 5.74) is 0. The molecule has 0 unspecified atom stereocenters. The van der Waals surface area contributed by atoms with Gasteiger partial charge in [-0.2, -0.15) is 13.2 Å². The third-order valence-electron chi connectivity index (χ3n) is 1.35. The summed E-state index contributed by atoms with van der Waals surface area (Å²) in [5, 5.41) is 9.87. The number of alkyl halides is 3. The van der Waals surface area contributed by atoms with Gasteiger partial charge < -0.3 is 0 Å². The monoisotopic (exact) mass is 169 g/mol. The summed E-state index contributed by atoms with van der Waals surface area (Å²) < 4.78 is 34.5. The van der Waals surface area contributed by atoms with Crippen LogP contribution in [-0.4, -0.2) is 12.8 Å². The fourth-order valence-electron chi connectivity index (χ4n) is 0.781. The highest BCUT2D eigenvalue weighted by Crippen LogP contribution is 2.22. The van der Waals surface area contributed by atoms with Crippen molar-refractivity contribution in [2.24, 2.45) is 0 Å². The summed E-state index contributed by atoms with van der Waals surface area (Å²) >= 11 is 0. The third kappa shape index (κ3) is 9.75. The van der Waals surface area contributed by atoms with Crippen molar-refractivity contribution >= 4 is 0 Å². The SMILES string of the molecule is [O]CCCCCCC(F)(F)F. The molecule has 0 atom stereocenters. The molecule has 4 heteroatoms. The molecule has 0 aromatic rings. The second-order valence-electron chi connectivity index (χ2n) is 2.48. The van der Waals surface area contributed by atoms with Crippen LogP contribution in [0.2, 0.25) is 0 Å². The predicted molar refractivity (Wildman–Crippen MR) is 34.7 cm³/mol. The quantitative estimate of drug-likeness (QED) is 0.564. The number of rotatable bonds is 5. The van der Waals surface area contributed by atoms with Crippen molar-refractivity contribution in [2.75, 3.05) is 6.61 Å². The molecule has 0 aliphatic rings. The molecular formula is C7H12F3O. The first kappa shape index (κ1) is 10.8. The molecule has 0 aromatic heterocycles. The Labute approximate surface area is 64.2 Å². The van der Waals surface area contributed by atoms with Gasteiger partial charge in [-0.3, -0.25) is 0 Å². The molecule has 67 valence electrons. The molecule has 0 saturated heterocycles. The predicted octanol–water partition coefficient (Wildman–Crippen LogP) is 2.93. The Morgan fingerprint density at radius 1 is 0.909 bits per heavy atom. The van der Waals surface area contributed by atoms with E-state index in [1.54, 1.807) is 0 Å². The van der Waals surface area contributed by atoms with Crippen LogP contribution in [0.15, 0.2) is 0 Å².